The van der Waals surface area contributed by atoms with E-state index < -0.39 is 0 Å². The summed E-state index contributed by atoms with van der Waals surface area (Å²) in [6.07, 6.45) is 2.12. The predicted octanol–water partition coefficient (Wildman–Crippen LogP) is 1.67. The largest absolute Gasteiger partial charge is 0.359 e. The lowest BCUT2D eigenvalue weighted by Crippen LogP contribution is -2.55. The lowest BCUT2D eigenvalue weighted by molar-refractivity contribution is -0.119. The topological polar surface area (TPSA) is 45.2 Å². The van der Waals surface area contributed by atoms with E-state index in [1.54, 1.807) is 6.20 Å². The van der Waals surface area contributed by atoms with Crippen molar-refractivity contribution in [1.29, 1.82) is 0 Å². The van der Waals surface area contributed by atoms with Crippen LogP contribution in [-0.2, 0) is 11.2 Å². The summed E-state index contributed by atoms with van der Waals surface area (Å²) in [6.45, 7) is 2.45. The van der Waals surface area contributed by atoms with E-state index in [1.807, 2.05) is 36.4 Å². The summed E-state index contributed by atoms with van der Waals surface area (Å²) in [7, 11) is 0. The Morgan fingerprint density at radius 2 is 2.00 bits per heavy atom. The highest BCUT2D eigenvalue weighted by molar-refractivity contribution is 5.89. The van der Waals surface area contributed by atoms with E-state index in [1.165, 1.54) is 0 Å². The van der Waals surface area contributed by atoms with Gasteiger partial charge in [0.25, 0.3) is 0 Å². The first-order valence-electron chi connectivity index (χ1n) is 7.29. The Morgan fingerprint density at radius 1 is 1.19 bits per heavy atom. The molecule has 2 aromatic rings. The number of hydrogen-bond acceptors (Lipinski definition) is 4. The van der Waals surface area contributed by atoms with Crippen LogP contribution in [0.2, 0.25) is 0 Å². The fourth-order valence-corrected chi connectivity index (χ4v) is 2.72. The Hall–Kier alpha value is -2.20. The molecule has 0 spiro atoms. The first-order chi connectivity index (χ1) is 10.3. The maximum Gasteiger partial charge on any atom is 0.162 e. The van der Waals surface area contributed by atoms with Crippen molar-refractivity contribution in [2.24, 2.45) is 0 Å². The number of nitrogens with one attached hydrogen (secondary N) is 1. The number of carbonyl (C=O) groups excluding carboxylic acids is 1. The van der Waals surface area contributed by atoms with Gasteiger partial charge in [-0.1, -0.05) is 24.3 Å². The molecule has 0 bridgehead atoms. The third-order valence-corrected chi connectivity index (χ3v) is 3.78. The molecule has 3 rings (SSSR count). The molecule has 0 amide bonds. The molecule has 1 aliphatic heterocycles. The van der Waals surface area contributed by atoms with E-state index in [-0.39, 0.29) is 11.8 Å². The van der Waals surface area contributed by atoms with Crippen LogP contribution in [0, 0.1) is 0 Å². The van der Waals surface area contributed by atoms with Crippen molar-refractivity contribution in [1.82, 2.24) is 10.3 Å². The van der Waals surface area contributed by atoms with Crippen LogP contribution in [0.25, 0.3) is 0 Å². The number of benzene rings is 1. The third kappa shape index (κ3) is 3.28. The molecule has 108 valence electrons. The van der Waals surface area contributed by atoms with Gasteiger partial charge in [0.1, 0.15) is 6.04 Å². The second-order valence-electron chi connectivity index (χ2n) is 5.21. The van der Waals surface area contributed by atoms with Crippen LogP contribution in [0.3, 0.4) is 0 Å². The molecular formula is C17H19N3O. The Morgan fingerprint density at radius 3 is 2.76 bits per heavy atom. The molecule has 0 aliphatic carbocycles. The molecule has 1 aromatic heterocycles. The molecule has 0 saturated carbocycles. The summed E-state index contributed by atoms with van der Waals surface area (Å²) in [5, 5.41) is 3.32. The number of anilines is 1. The number of carbonyl (C=O) groups is 1. The molecule has 1 unspecified atom stereocenters. The van der Waals surface area contributed by atoms with E-state index in [4.69, 9.17) is 0 Å². The van der Waals surface area contributed by atoms with Crippen LogP contribution in [0.15, 0.2) is 54.7 Å². The van der Waals surface area contributed by atoms with Crippen LogP contribution >= 0.6 is 0 Å². The molecule has 4 heteroatoms. The Bertz CT molecular complexity index is 585. The number of nitrogens with zero attached hydrogens (tertiary/aromatic N) is 2. The van der Waals surface area contributed by atoms with Gasteiger partial charge >= 0.3 is 0 Å². The standard InChI is InChI=1S/C17H19N3O/c21-17(12-14-6-4-5-9-19-14)16-13-18-10-11-20(16)15-7-2-1-3-8-15/h1-9,16,18H,10-13H2. The van der Waals surface area contributed by atoms with Crippen LogP contribution in [0.4, 0.5) is 5.69 Å². The predicted molar refractivity (Wildman–Crippen MR) is 83.4 cm³/mol. The van der Waals surface area contributed by atoms with Crippen molar-refractivity contribution >= 4 is 11.5 Å². The molecule has 1 aromatic carbocycles. The lowest BCUT2D eigenvalue weighted by Gasteiger charge is -2.37. The lowest BCUT2D eigenvalue weighted by atomic mass is 10.0. The van der Waals surface area contributed by atoms with Gasteiger partial charge in [-0.25, -0.2) is 0 Å². The van der Waals surface area contributed by atoms with Gasteiger partial charge in [0.2, 0.25) is 0 Å². The van der Waals surface area contributed by atoms with Gasteiger partial charge in [0, 0.05) is 37.2 Å². The molecular weight excluding hydrogens is 262 g/mol. The van der Waals surface area contributed by atoms with Crippen molar-refractivity contribution in [2.75, 3.05) is 24.5 Å². The number of pyridine rings is 1. The summed E-state index contributed by atoms with van der Waals surface area (Å²) in [5.41, 5.74) is 1.94. The van der Waals surface area contributed by atoms with E-state index in [0.717, 1.165) is 24.5 Å². The average molecular weight is 281 g/mol. The van der Waals surface area contributed by atoms with Gasteiger partial charge in [-0.3, -0.25) is 9.78 Å². The zero-order valence-electron chi connectivity index (χ0n) is 11.9. The number of aromatic nitrogens is 1. The molecule has 1 atom stereocenters. The molecule has 1 saturated heterocycles. The van der Waals surface area contributed by atoms with E-state index in [2.05, 4.69) is 27.3 Å². The van der Waals surface area contributed by atoms with Crippen LogP contribution in [-0.4, -0.2) is 36.4 Å². The molecule has 4 nitrogen and oxygen atoms in total. The summed E-state index contributed by atoms with van der Waals surface area (Å²) < 4.78 is 0. The van der Waals surface area contributed by atoms with E-state index in [0.29, 0.717) is 13.0 Å². The fourth-order valence-electron chi connectivity index (χ4n) is 2.72. The molecule has 1 fully saturated rings. The van der Waals surface area contributed by atoms with Crippen molar-refractivity contribution in [3.05, 3.63) is 60.4 Å². The van der Waals surface area contributed by atoms with Crippen molar-refractivity contribution in [3.63, 3.8) is 0 Å². The minimum atomic E-state index is -0.122. The Kier molecular flexibility index (Phi) is 4.26. The van der Waals surface area contributed by atoms with Crippen LogP contribution in [0.5, 0.6) is 0 Å². The fraction of sp³-hybridized carbons (Fsp3) is 0.294. The second-order valence-corrected chi connectivity index (χ2v) is 5.21. The zero-order valence-corrected chi connectivity index (χ0v) is 11.9. The molecule has 21 heavy (non-hydrogen) atoms. The smallest absolute Gasteiger partial charge is 0.162 e. The first-order valence-corrected chi connectivity index (χ1v) is 7.29. The molecule has 2 heterocycles. The first kappa shape index (κ1) is 13.8. The number of rotatable bonds is 4. The number of piperazine rings is 1. The number of hydrogen-bond donors (Lipinski definition) is 1. The highest BCUT2D eigenvalue weighted by Crippen LogP contribution is 2.19. The van der Waals surface area contributed by atoms with Crippen LogP contribution in [0.1, 0.15) is 5.69 Å². The zero-order chi connectivity index (χ0) is 14.5. The SMILES string of the molecule is O=C(Cc1ccccn1)C1CNCCN1c1ccccc1. The molecule has 1 N–H and O–H groups in total. The average Bonchev–Trinajstić information content (AvgIpc) is 2.56. The normalized spacial score (nSPS) is 18.5. The Balaban J connectivity index is 1.76. The van der Waals surface area contributed by atoms with Gasteiger partial charge in [-0.2, -0.15) is 0 Å². The van der Waals surface area contributed by atoms with Gasteiger partial charge in [-0.15, -0.1) is 0 Å². The minimum Gasteiger partial charge on any atom is -0.359 e. The van der Waals surface area contributed by atoms with Crippen molar-refractivity contribution in [3.8, 4) is 0 Å². The van der Waals surface area contributed by atoms with Gasteiger partial charge in [0.15, 0.2) is 5.78 Å². The Labute approximate surface area is 124 Å². The van der Waals surface area contributed by atoms with Gasteiger partial charge in [0.05, 0.1) is 6.42 Å². The summed E-state index contributed by atoms with van der Waals surface area (Å²) in [5.74, 6) is 0.213. The maximum atomic E-state index is 12.6. The second kappa shape index (κ2) is 6.50. The van der Waals surface area contributed by atoms with Crippen LogP contribution < -0.4 is 10.2 Å². The maximum absolute atomic E-state index is 12.6. The molecule has 0 radical (unpaired) electrons. The number of ketones is 1. The highest BCUT2D eigenvalue weighted by Gasteiger charge is 2.28. The van der Waals surface area contributed by atoms with E-state index >= 15 is 0 Å². The summed E-state index contributed by atoms with van der Waals surface area (Å²) in [4.78, 5) is 19.1. The number of Topliss-reactive ketones (excluding diaryl/α,β-unsaturated/α-hetero) is 1. The van der Waals surface area contributed by atoms with Crippen molar-refractivity contribution < 1.29 is 4.79 Å². The van der Waals surface area contributed by atoms with Crippen molar-refractivity contribution in [2.45, 2.75) is 12.5 Å². The third-order valence-electron chi connectivity index (χ3n) is 3.78. The van der Waals surface area contributed by atoms with E-state index in [9.17, 15) is 4.79 Å². The number of para-hydroxylation sites is 1. The quantitative estimate of drug-likeness (QED) is 0.926. The highest BCUT2D eigenvalue weighted by atomic mass is 16.1. The monoisotopic (exact) mass is 281 g/mol. The summed E-state index contributed by atoms with van der Waals surface area (Å²) >= 11 is 0. The molecule has 1 aliphatic rings. The minimum absolute atomic E-state index is 0.122. The van der Waals surface area contributed by atoms with Gasteiger partial charge in [-0.05, 0) is 24.3 Å². The van der Waals surface area contributed by atoms with Gasteiger partial charge < -0.3 is 10.2 Å². The summed E-state index contributed by atoms with van der Waals surface area (Å²) in [6, 6.07) is 15.7.